The van der Waals surface area contributed by atoms with Crippen molar-refractivity contribution < 1.29 is 18.3 Å². The monoisotopic (exact) mass is 268 g/mol. The highest BCUT2D eigenvalue weighted by atomic mass is 19.2. The maximum atomic E-state index is 13.1. The van der Waals surface area contributed by atoms with Crippen LogP contribution in [0.2, 0.25) is 0 Å². The van der Waals surface area contributed by atoms with Crippen molar-refractivity contribution in [2.45, 2.75) is 20.0 Å². The van der Waals surface area contributed by atoms with E-state index < -0.39 is 23.6 Å². The molecule has 1 N–H and O–H groups in total. The van der Waals surface area contributed by atoms with E-state index in [9.17, 15) is 18.3 Å². The van der Waals surface area contributed by atoms with Crippen molar-refractivity contribution in [3.8, 4) is 11.4 Å². The Bertz CT molecular complexity index is 606. The van der Waals surface area contributed by atoms with Crippen LogP contribution in [-0.4, -0.2) is 15.1 Å². The molecule has 0 amide bonds. The first-order chi connectivity index (χ1) is 8.90. The van der Waals surface area contributed by atoms with Crippen molar-refractivity contribution in [2.75, 3.05) is 0 Å². The third-order valence-electron chi connectivity index (χ3n) is 2.71. The number of aryl methyl sites for hydroxylation is 1. The minimum absolute atomic E-state index is 0.0386. The minimum atomic E-state index is -1.53. The summed E-state index contributed by atoms with van der Waals surface area (Å²) in [6, 6.07) is 1.66. The Labute approximate surface area is 107 Å². The number of hydrogen-bond donors (Lipinski definition) is 1. The summed E-state index contributed by atoms with van der Waals surface area (Å²) in [4.78, 5) is 7.97. The van der Waals surface area contributed by atoms with Crippen LogP contribution in [0.15, 0.2) is 18.3 Å². The molecular weight excluding hydrogens is 257 g/mol. The second kappa shape index (κ2) is 4.97. The second-order valence-electron chi connectivity index (χ2n) is 4.16. The van der Waals surface area contributed by atoms with E-state index in [1.807, 2.05) is 0 Å². The maximum Gasteiger partial charge on any atom is 0.194 e. The molecule has 1 heterocycles. The van der Waals surface area contributed by atoms with Gasteiger partial charge in [0.2, 0.25) is 0 Å². The normalized spacial score (nSPS) is 12.5. The van der Waals surface area contributed by atoms with Crippen molar-refractivity contribution in [3.05, 3.63) is 47.0 Å². The first-order valence-corrected chi connectivity index (χ1v) is 5.56. The molecule has 0 aliphatic rings. The smallest absolute Gasteiger partial charge is 0.194 e. The first kappa shape index (κ1) is 13.5. The van der Waals surface area contributed by atoms with Gasteiger partial charge in [0.25, 0.3) is 0 Å². The van der Waals surface area contributed by atoms with Crippen molar-refractivity contribution in [2.24, 2.45) is 0 Å². The van der Waals surface area contributed by atoms with Gasteiger partial charge in [-0.1, -0.05) is 0 Å². The van der Waals surface area contributed by atoms with Gasteiger partial charge in [-0.2, -0.15) is 0 Å². The zero-order valence-corrected chi connectivity index (χ0v) is 10.3. The van der Waals surface area contributed by atoms with Crippen LogP contribution >= 0.6 is 0 Å². The molecule has 0 spiro atoms. The number of benzene rings is 1. The Kier molecular flexibility index (Phi) is 3.53. The lowest BCUT2D eigenvalue weighted by atomic mass is 10.1. The number of halogens is 3. The van der Waals surface area contributed by atoms with Gasteiger partial charge >= 0.3 is 0 Å². The fraction of sp³-hybridized carbons (Fsp3) is 0.231. The van der Waals surface area contributed by atoms with Crippen LogP contribution in [0.1, 0.15) is 24.3 Å². The largest absolute Gasteiger partial charge is 0.389 e. The van der Waals surface area contributed by atoms with Crippen molar-refractivity contribution >= 4 is 0 Å². The summed E-state index contributed by atoms with van der Waals surface area (Å²) >= 11 is 0. The number of nitrogens with zero attached hydrogens (tertiary/aromatic N) is 2. The van der Waals surface area contributed by atoms with Crippen LogP contribution in [0.25, 0.3) is 11.4 Å². The Balaban J connectivity index is 2.51. The zero-order chi connectivity index (χ0) is 14.2. The summed E-state index contributed by atoms with van der Waals surface area (Å²) in [6.45, 7) is 3.20. The summed E-state index contributed by atoms with van der Waals surface area (Å²) in [5.74, 6) is -4.05. The van der Waals surface area contributed by atoms with E-state index in [0.29, 0.717) is 11.3 Å². The Morgan fingerprint density at radius 3 is 2.21 bits per heavy atom. The SMILES string of the molecule is Cc1nc(-c2cc(F)c(F)c(F)c2)ncc1C(C)O. The Morgan fingerprint density at radius 2 is 1.74 bits per heavy atom. The molecule has 2 rings (SSSR count). The number of aliphatic hydroxyl groups excluding tert-OH is 1. The van der Waals surface area contributed by atoms with Gasteiger partial charge in [-0.05, 0) is 26.0 Å². The average molecular weight is 268 g/mol. The predicted octanol–water partition coefficient (Wildman–Crippen LogP) is 2.92. The van der Waals surface area contributed by atoms with E-state index in [1.165, 1.54) is 6.20 Å². The fourth-order valence-electron chi connectivity index (χ4n) is 1.71. The standard InChI is InChI=1S/C13H11F3N2O/c1-6-9(7(2)19)5-17-13(18-6)8-3-10(14)12(16)11(15)4-8/h3-5,7,19H,1-2H3. The molecule has 0 fully saturated rings. The molecule has 3 nitrogen and oxygen atoms in total. The summed E-state index contributed by atoms with van der Waals surface area (Å²) in [7, 11) is 0. The van der Waals surface area contributed by atoms with Gasteiger partial charge < -0.3 is 5.11 Å². The third-order valence-corrected chi connectivity index (χ3v) is 2.71. The predicted molar refractivity (Wildman–Crippen MR) is 62.7 cm³/mol. The molecule has 6 heteroatoms. The van der Waals surface area contributed by atoms with Gasteiger partial charge in [-0.15, -0.1) is 0 Å². The molecule has 1 atom stereocenters. The molecule has 0 saturated carbocycles. The topological polar surface area (TPSA) is 46.0 Å². The molecular formula is C13H11F3N2O. The van der Waals surface area contributed by atoms with Gasteiger partial charge in [-0.3, -0.25) is 0 Å². The van der Waals surface area contributed by atoms with Crippen molar-refractivity contribution in [1.29, 1.82) is 0 Å². The molecule has 1 aromatic carbocycles. The van der Waals surface area contributed by atoms with Gasteiger partial charge in [-0.25, -0.2) is 23.1 Å². The Morgan fingerprint density at radius 1 is 1.16 bits per heavy atom. The zero-order valence-electron chi connectivity index (χ0n) is 10.3. The number of hydrogen-bond acceptors (Lipinski definition) is 3. The summed E-state index contributed by atoms with van der Waals surface area (Å²) in [5, 5.41) is 9.44. The number of aromatic nitrogens is 2. The number of aliphatic hydroxyl groups is 1. The van der Waals surface area contributed by atoms with Crippen LogP contribution < -0.4 is 0 Å². The molecule has 2 aromatic rings. The molecule has 100 valence electrons. The summed E-state index contributed by atoms with van der Waals surface area (Å²) in [5.41, 5.74) is 1.05. The van der Waals surface area contributed by atoms with Crippen LogP contribution in [-0.2, 0) is 0 Å². The highest BCUT2D eigenvalue weighted by molar-refractivity contribution is 5.55. The van der Waals surface area contributed by atoms with Crippen LogP contribution in [0.5, 0.6) is 0 Å². The second-order valence-corrected chi connectivity index (χ2v) is 4.16. The fourth-order valence-corrected chi connectivity index (χ4v) is 1.71. The molecule has 1 aromatic heterocycles. The van der Waals surface area contributed by atoms with Crippen LogP contribution in [0.4, 0.5) is 13.2 Å². The van der Waals surface area contributed by atoms with Crippen LogP contribution in [0, 0.1) is 24.4 Å². The van der Waals surface area contributed by atoms with Crippen molar-refractivity contribution in [3.63, 3.8) is 0 Å². The first-order valence-electron chi connectivity index (χ1n) is 5.56. The molecule has 0 radical (unpaired) electrons. The van der Waals surface area contributed by atoms with Gasteiger partial charge in [0.15, 0.2) is 23.3 Å². The highest BCUT2D eigenvalue weighted by Gasteiger charge is 2.14. The van der Waals surface area contributed by atoms with E-state index in [2.05, 4.69) is 9.97 Å². The summed E-state index contributed by atoms with van der Waals surface area (Å²) < 4.78 is 39.1. The molecule has 0 saturated heterocycles. The van der Waals surface area contributed by atoms with E-state index in [0.717, 1.165) is 12.1 Å². The van der Waals surface area contributed by atoms with E-state index in [-0.39, 0.29) is 11.4 Å². The quantitative estimate of drug-likeness (QED) is 0.852. The Hall–Kier alpha value is -1.95. The highest BCUT2D eigenvalue weighted by Crippen LogP contribution is 2.23. The number of rotatable bonds is 2. The van der Waals surface area contributed by atoms with E-state index >= 15 is 0 Å². The van der Waals surface area contributed by atoms with Gasteiger partial charge in [0.05, 0.1) is 6.10 Å². The lowest BCUT2D eigenvalue weighted by Crippen LogP contribution is -2.02. The lowest BCUT2D eigenvalue weighted by molar-refractivity contribution is 0.197. The molecule has 0 aliphatic heterocycles. The van der Waals surface area contributed by atoms with Gasteiger partial charge in [0, 0.05) is 23.0 Å². The summed E-state index contributed by atoms with van der Waals surface area (Å²) in [6.07, 6.45) is 0.636. The van der Waals surface area contributed by atoms with E-state index in [1.54, 1.807) is 13.8 Å². The average Bonchev–Trinajstić information content (AvgIpc) is 2.34. The van der Waals surface area contributed by atoms with Crippen molar-refractivity contribution in [1.82, 2.24) is 9.97 Å². The minimum Gasteiger partial charge on any atom is -0.389 e. The van der Waals surface area contributed by atoms with E-state index in [4.69, 9.17) is 0 Å². The van der Waals surface area contributed by atoms with Crippen LogP contribution in [0.3, 0.4) is 0 Å². The third kappa shape index (κ3) is 2.58. The maximum absolute atomic E-state index is 13.1. The molecule has 19 heavy (non-hydrogen) atoms. The molecule has 0 aliphatic carbocycles. The van der Waals surface area contributed by atoms with Gasteiger partial charge in [0.1, 0.15) is 0 Å². The molecule has 1 unspecified atom stereocenters. The lowest BCUT2D eigenvalue weighted by Gasteiger charge is -2.09. The molecule has 0 bridgehead atoms.